The number of hydrogen-bond acceptors (Lipinski definition) is 3. The van der Waals surface area contributed by atoms with E-state index in [1.807, 2.05) is 35.4 Å². The van der Waals surface area contributed by atoms with Crippen LogP contribution in [0, 0.1) is 0 Å². The minimum Gasteiger partial charge on any atom is -0.297 e. The molecule has 0 saturated carbocycles. The first-order valence-electron chi connectivity index (χ1n) is 7.39. The summed E-state index contributed by atoms with van der Waals surface area (Å²) in [6.07, 6.45) is 5.74. The second-order valence-corrected chi connectivity index (χ2v) is 5.13. The molecule has 0 aliphatic rings. The monoisotopic (exact) mass is 280 g/mol. The smallest absolute Gasteiger partial charge is 0.0705 e. The van der Waals surface area contributed by atoms with Gasteiger partial charge in [0.05, 0.1) is 12.1 Å². The summed E-state index contributed by atoms with van der Waals surface area (Å²) in [5.41, 5.74) is 2.40. The molecule has 4 nitrogen and oxygen atoms in total. The Kier molecular flexibility index (Phi) is 4.26. The third-order valence-corrected chi connectivity index (χ3v) is 3.79. The van der Waals surface area contributed by atoms with Crippen molar-refractivity contribution in [3.8, 4) is 0 Å². The average Bonchev–Trinajstić information content (AvgIpc) is 3.05. The van der Waals surface area contributed by atoms with E-state index in [0.29, 0.717) is 0 Å². The third-order valence-electron chi connectivity index (χ3n) is 3.79. The van der Waals surface area contributed by atoms with Crippen molar-refractivity contribution in [2.75, 3.05) is 13.1 Å². The number of pyridine rings is 1. The summed E-state index contributed by atoms with van der Waals surface area (Å²) in [4.78, 5) is 6.86. The van der Waals surface area contributed by atoms with Crippen LogP contribution in [0.1, 0.15) is 12.5 Å². The lowest BCUT2D eigenvalue weighted by atomic mass is 10.1. The molecule has 21 heavy (non-hydrogen) atoms. The number of para-hydroxylation sites is 1. The van der Waals surface area contributed by atoms with Crippen LogP contribution in [0.25, 0.3) is 10.9 Å². The zero-order valence-corrected chi connectivity index (χ0v) is 12.3. The standard InChI is InChI=1S/C17H20N4/c1-2-20(12-13-21-11-5-9-19-21)14-15-8-10-18-17-7-4-3-6-16(15)17/h3-11H,2,12-14H2,1H3. The maximum atomic E-state index is 4.43. The summed E-state index contributed by atoms with van der Waals surface area (Å²) in [6.45, 7) is 6.09. The van der Waals surface area contributed by atoms with Crippen LogP contribution in [0.5, 0.6) is 0 Å². The van der Waals surface area contributed by atoms with E-state index in [4.69, 9.17) is 0 Å². The molecule has 0 saturated heterocycles. The highest BCUT2D eigenvalue weighted by molar-refractivity contribution is 5.81. The number of aromatic nitrogens is 3. The van der Waals surface area contributed by atoms with Crippen molar-refractivity contribution in [1.29, 1.82) is 0 Å². The first-order chi connectivity index (χ1) is 10.4. The third kappa shape index (κ3) is 3.28. The fourth-order valence-electron chi connectivity index (χ4n) is 2.56. The Bertz CT molecular complexity index is 686. The minimum atomic E-state index is 0.920. The predicted octanol–water partition coefficient (Wildman–Crippen LogP) is 2.95. The number of likely N-dealkylation sites (N-methyl/N-ethyl adjacent to an activating group) is 1. The predicted molar refractivity (Wildman–Crippen MR) is 84.9 cm³/mol. The second-order valence-electron chi connectivity index (χ2n) is 5.13. The van der Waals surface area contributed by atoms with E-state index in [1.54, 1.807) is 0 Å². The molecular weight excluding hydrogens is 260 g/mol. The molecule has 4 heteroatoms. The van der Waals surface area contributed by atoms with Gasteiger partial charge in [-0.3, -0.25) is 14.6 Å². The number of hydrogen-bond donors (Lipinski definition) is 0. The van der Waals surface area contributed by atoms with Crippen molar-refractivity contribution in [3.05, 3.63) is 60.6 Å². The van der Waals surface area contributed by atoms with Gasteiger partial charge in [-0.25, -0.2) is 0 Å². The van der Waals surface area contributed by atoms with Gasteiger partial charge in [-0.15, -0.1) is 0 Å². The normalized spacial score (nSPS) is 11.3. The van der Waals surface area contributed by atoms with Crippen molar-refractivity contribution in [2.45, 2.75) is 20.0 Å². The zero-order valence-electron chi connectivity index (χ0n) is 12.3. The van der Waals surface area contributed by atoms with Crippen LogP contribution in [0.3, 0.4) is 0 Å². The van der Waals surface area contributed by atoms with Crippen LogP contribution in [-0.4, -0.2) is 32.8 Å². The Hall–Kier alpha value is -2.20. The zero-order chi connectivity index (χ0) is 14.5. The van der Waals surface area contributed by atoms with E-state index in [2.05, 4.69) is 46.2 Å². The molecule has 0 amide bonds. The quantitative estimate of drug-likeness (QED) is 0.696. The summed E-state index contributed by atoms with van der Waals surface area (Å²) in [5.74, 6) is 0. The van der Waals surface area contributed by atoms with Crippen molar-refractivity contribution in [3.63, 3.8) is 0 Å². The van der Waals surface area contributed by atoms with Crippen molar-refractivity contribution < 1.29 is 0 Å². The number of nitrogens with zero attached hydrogens (tertiary/aromatic N) is 4. The van der Waals surface area contributed by atoms with Crippen molar-refractivity contribution >= 4 is 10.9 Å². The summed E-state index contributed by atoms with van der Waals surface area (Å²) < 4.78 is 1.98. The molecule has 1 aromatic carbocycles. The van der Waals surface area contributed by atoms with Gasteiger partial charge in [0.2, 0.25) is 0 Å². The van der Waals surface area contributed by atoms with E-state index in [0.717, 1.165) is 31.7 Å². The molecular formula is C17H20N4. The second kappa shape index (κ2) is 6.50. The number of rotatable bonds is 6. The molecule has 0 radical (unpaired) electrons. The molecule has 0 spiro atoms. The highest BCUT2D eigenvalue weighted by atomic mass is 15.3. The lowest BCUT2D eigenvalue weighted by Crippen LogP contribution is -2.27. The van der Waals surface area contributed by atoms with Gasteiger partial charge in [0, 0.05) is 37.1 Å². The lowest BCUT2D eigenvalue weighted by molar-refractivity contribution is 0.264. The van der Waals surface area contributed by atoms with Crippen LogP contribution in [0.4, 0.5) is 0 Å². The number of benzene rings is 1. The van der Waals surface area contributed by atoms with Gasteiger partial charge in [0.25, 0.3) is 0 Å². The van der Waals surface area contributed by atoms with Crippen LogP contribution in [-0.2, 0) is 13.1 Å². The topological polar surface area (TPSA) is 34.0 Å². The first kappa shape index (κ1) is 13.8. The number of fused-ring (bicyclic) bond motifs is 1. The lowest BCUT2D eigenvalue weighted by Gasteiger charge is -2.21. The average molecular weight is 280 g/mol. The largest absolute Gasteiger partial charge is 0.297 e. The van der Waals surface area contributed by atoms with E-state index in [1.165, 1.54) is 10.9 Å². The molecule has 2 heterocycles. The summed E-state index contributed by atoms with van der Waals surface area (Å²) >= 11 is 0. The van der Waals surface area contributed by atoms with Crippen LogP contribution >= 0.6 is 0 Å². The minimum absolute atomic E-state index is 0.920. The molecule has 0 aliphatic carbocycles. The van der Waals surface area contributed by atoms with E-state index >= 15 is 0 Å². The highest BCUT2D eigenvalue weighted by Gasteiger charge is 2.07. The first-order valence-corrected chi connectivity index (χ1v) is 7.39. The fraction of sp³-hybridized carbons (Fsp3) is 0.294. The SMILES string of the molecule is CCN(CCn1cccn1)Cc1ccnc2ccccc12. The van der Waals surface area contributed by atoms with Gasteiger partial charge in [-0.05, 0) is 30.3 Å². The van der Waals surface area contributed by atoms with E-state index in [-0.39, 0.29) is 0 Å². The molecule has 3 rings (SSSR count). The molecule has 0 aliphatic heterocycles. The summed E-state index contributed by atoms with van der Waals surface area (Å²) in [6, 6.07) is 12.4. The van der Waals surface area contributed by atoms with Crippen molar-refractivity contribution in [2.24, 2.45) is 0 Å². The Labute approximate surface area is 125 Å². The van der Waals surface area contributed by atoms with Gasteiger partial charge in [-0.2, -0.15) is 5.10 Å². The molecule has 0 unspecified atom stereocenters. The van der Waals surface area contributed by atoms with Gasteiger partial charge < -0.3 is 0 Å². The van der Waals surface area contributed by atoms with Gasteiger partial charge >= 0.3 is 0 Å². The fourth-order valence-corrected chi connectivity index (χ4v) is 2.56. The molecule has 0 atom stereocenters. The molecule has 0 bridgehead atoms. The van der Waals surface area contributed by atoms with Crippen LogP contribution < -0.4 is 0 Å². The molecule has 2 aromatic heterocycles. The Morgan fingerprint density at radius 2 is 2.00 bits per heavy atom. The molecule has 0 fully saturated rings. The van der Waals surface area contributed by atoms with Crippen LogP contribution in [0.2, 0.25) is 0 Å². The van der Waals surface area contributed by atoms with E-state index in [9.17, 15) is 0 Å². The van der Waals surface area contributed by atoms with Gasteiger partial charge in [0.1, 0.15) is 0 Å². The van der Waals surface area contributed by atoms with Crippen LogP contribution in [0.15, 0.2) is 55.0 Å². The summed E-state index contributed by atoms with van der Waals surface area (Å²) in [7, 11) is 0. The molecule has 0 N–H and O–H groups in total. The molecule has 108 valence electrons. The Morgan fingerprint density at radius 3 is 2.81 bits per heavy atom. The Balaban J connectivity index is 1.73. The maximum Gasteiger partial charge on any atom is 0.0705 e. The van der Waals surface area contributed by atoms with Gasteiger partial charge in [-0.1, -0.05) is 25.1 Å². The maximum absolute atomic E-state index is 4.43. The van der Waals surface area contributed by atoms with E-state index < -0.39 is 0 Å². The Morgan fingerprint density at radius 1 is 1.10 bits per heavy atom. The highest BCUT2D eigenvalue weighted by Crippen LogP contribution is 2.17. The summed E-state index contributed by atoms with van der Waals surface area (Å²) in [5, 5.41) is 5.51. The van der Waals surface area contributed by atoms with Crippen molar-refractivity contribution in [1.82, 2.24) is 19.7 Å². The van der Waals surface area contributed by atoms with Gasteiger partial charge in [0.15, 0.2) is 0 Å². The molecule has 3 aromatic rings.